The molecule has 1 heterocycles. The fourth-order valence-corrected chi connectivity index (χ4v) is 1.58. The molecule has 0 bridgehead atoms. The van der Waals surface area contributed by atoms with E-state index in [0.29, 0.717) is 13.2 Å². The van der Waals surface area contributed by atoms with E-state index in [2.05, 4.69) is 23.4 Å². The standard InChI is InChI=1S/C13H18N2O2/c1-6-7-16-13-9(2)10(3)15-11(4)12(13)8-17-14-5/h6H,1,5,7-8H2,2-4H3. The van der Waals surface area contributed by atoms with Gasteiger partial charge < -0.3 is 9.57 Å². The van der Waals surface area contributed by atoms with Crippen LogP contribution in [0.4, 0.5) is 0 Å². The van der Waals surface area contributed by atoms with Crippen molar-refractivity contribution in [1.82, 2.24) is 4.98 Å². The molecule has 0 saturated heterocycles. The molecule has 0 unspecified atom stereocenters. The van der Waals surface area contributed by atoms with Crippen LogP contribution in [0, 0.1) is 20.8 Å². The van der Waals surface area contributed by atoms with Gasteiger partial charge in [-0.15, -0.1) is 5.16 Å². The van der Waals surface area contributed by atoms with Crippen molar-refractivity contribution >= 4 is 6.72 Å². The lowest BCUT2D eigenvalue weighted by Gasteiger charge is -2.16. The van der Waals surface area contributed by atoms with Gasteiger partial charge in [-0.05, 0) is 20.8 Å². The molecule has 1 rings (SSSR count). The van der Waals surface area contributed by atoms with E-state index in [0.717, 1.165) is 28.3 Å². The highest BCUT2D eigenvalue weighted by atomic mass is 16.6. The van der Waals surface area contributed by atoms with Crippen molar-refractivity contribution in [2.45, 2.75) is 27.4 Å². The number of oxime groups is 1. The Morgan fingerprint density at radius 3 is 2.59 bits per heavy atom. The SMILES string of the molecule is C=CCOc1c(C)c(C)nc(C)c1CON=C. The van der Waals surface area contributed by atoms with Gasteiger partial charge in [-0.2, -0.15) is 0 Å². The van der Waals surface area contributed by atoms with E-state index in [9.17, 15) is 0 Å². The Labute approximate surface area is 102 Å². The Bertz CT molecular complexity index is 428. The minimum atomic E-state index is 0.315. The summed E-state index contributed by atoms with van der Waals surface area (Å²) in [6.45, 7) is 13.6. The van der Waals surface area contributed by atoms with Gasteiger partial charge in [0.1, 0.15) is 19.0 Å². The average molecular weight is 234 g/mol. The van der Waals surface area contributed by atoms with Gasteiger partial charge in [0.2, 0.25) is 0 Å². The third kappa shape index (κ3) is 3.06. The summed E-state index contributed by atoms with van der Waals surface area (Å²) >= 11 is 0. The summed E-state index contributed by atoms with van der Waals surface area (Å²) in [6, 6.07) is 0. The van der Waals surface area contributed by atoms with Crippen LogP contribution < -0.4 is 4.74 Å². The van der Waals surface area contributed by atoms with Crippen molar-refractivity contribution in [3.05, 3.63) is 35.2 Å². The molecule has 92 valence electrons. The van der Waals surface area contributed by atoms with Crippen LogP contribution in [-0.2, 0) is 11.4 Å². The first-order valence-corrected chi connectivity index (χ1v) is 5.40. The van der Waals surface area contributed by atoms with Crippen LogP contribution in [-0.4, -0.2) is 18.3 Å². The fourth-order valence-electron chi connectivity index (χ4n) is 1.58. The lowest BCUT2D eigenvalue weighted by Crippen LogP contribution is -2.06. The molecule has 0 aromatic carbocycles. The van der Waals surface area contributed by atoms with Crippen LogP contribution >= 0.6 is 0 Å². The Balaban J connectivity index is 3.17. The van der Waals surface area contributed by atoms with Crippen LogP contribution in [0.1, 0.15) is 22.5 Å². The Morgan fingerprint density at radius 1 is 1.29 bits per heavy atom. The quantitative estimate of drug-likeness (QED) is 0.432. The van der Waals surface area contributed by atoms with Gasteiger partial charge in [0.05, 0.1) is 5.56 Å². The first kappa shape index (κ1) is 13.2. The molecule has 0 saturated carbocycles. The highest BCUT2D eigenvalue weighted by Gasteiger charge is 2.14. The van der Waals surface area contributed by atoms with Gasteiger partial charge in [-0.25, -0.2) is 0 Å². The maximum atomic E-state index is 5.68. The van der Waals surface area contributed by atoms with Crippen molar-refractivity contribution in [1.29, 1.82) is 0 Å². The lowest BCUT2D eigenvalue weighted by atomic mass is 10.1. The molecule has 0 N–H and O–H groups in total. The van der Waals surface area contributed by atoms with Crippen molar-refractivity contribution in [2.75, 3.05) is 6.61 Å². The Morgan fingerprint density at radius 2 is 2.00 bits per heavy atom. The van der Waals surface area contributed by atoms with Crippen LogP contribution in [0.25, 0.3) is 0 Å². The maximum absolute atomic E-state index is 5.68. The van der Waals surface area contributed by atoms with Crippen molar-refractivity contribution < 1.29 is 9.57 Å². The van der Waals surface area contributed by atoms with E-state index >= 15 is 0 Å². The average Bonchev–Trinajstić information content (AvgIpc) is 2.30. The summed E-state index contributed by atoms with van der Waals surface area (Å²) < 4.78 is 5.68. The maximum Gasteiger partial charge on any atom is 0.147 e. The third-order valence-electron chi connectivity index (χ3n) is 2.58. The zero-order chi connectivity index (χ0) is 12.8. The van der Waals surface area contributed by atoms with E-state index in [1.165, 1.54) is 0 Å². The van der Waals surface area contributed by atoms with Gasteiger partial charge in [0.15, 0.2) is 0 Å². The minimum Gasteiger partial charge on any atom is -0.489 e. The molecule has 0 aliphatic rings. The van der Waals surface area contributed by atoms with E-state index in [1.807, 2.05) is 20.8 Å². The van der Waals surface area contributed by atoms with Crippen molar-refractivity contribution in [2.24, 2.45) is 5.16 Å². The van der Waals surface area contributed by atoms with Gasteiger partial charge in [0, 0.05) is 23.7 Å². The smallest absolute Gasteiger partial charge is 0.147 e. The largest absolute Gasteiger partial charge is 0.489 e. The number of pyridine rings is 1. The summed E-state index contributed by atoms with van der Waals surface area (Å²) in [6.07, 6.45) is 1.71. The van der Waals surface area contributed by atoms with Crippen LogP contribution in [0.5, 0.6) is 5.75 Å². The molecule has 17 heavy (non-hydrogen) atoms. The molecule has 4 nitrogen and oxygen atoms in total. The second-order valence-corrected chi connectivity index (χ2v) is 3.72. The van der Waals surface area contributed by atoms with E-state index in [-0.39, 0.29) is 0 Å². The zero-order valence-corrected chi connectivity index (χ0v) is 10.6. The molecule has 4 heteroatoms. The number of hydrogen-bond donors (Lipinski definition) is 0. The van der Waals surface area contributed by atoms with Gasteiger partial charge >= 0.3 is 0 Å². The first-order chi connectivity index (χ1) is 8.11. The molecular formula is C13H18N2O2. The third-order valence-corrected chi connectivity index (χ3v) is 2.58. The minimum absolute atomic E-state index is 0.315. The molecule has 0 amide bonds. The van der Waals surface area contributed by atoms with Crippen LogP contribution in [0.2, 0.25) is 0 Å². The molecule has 0 atom stereocenters. The van der Waals surface area contributed by atoms with E-state index < -0.39 is 0 Å². The summed E-state index contributed by atoms with van der Waals surface area (Å²) in [4.78, 5) is 9.43. The number of aromatic nitrogens is 1. The molecule has 0 radical (unpaired) electrons. The monoisotopic (exact) mass is 234 g/mol. The van der Waals surface area contributed by atoms with Crippen LogP contribution in [0.15, 0.2) is 17.8 Å². The highest BCUT2D eigenvalue weighted by molar-refractivity contribution is 5.44. The normalized spacial score (nSPS) is 9.82. The van der Waals surface area contributed by atoms with Crippen molar-refractivity contribution in [3.63, 3.8) is 0 Å². The zero-order valence-electron chi connectivity index (χ0n) is 10.6. The first-order valence-electron chi connectivity index (χ1n) is 5.40. The molecule has 1 aromatic heterocycles. The topological polar surface area (TPSA) is 43.7 Å². The van der Waals surface area contributed by atoms with Crippen LogP contribution in [0.3, 0.4) is 0 Å². The summed E-state index contributed by atoms with van der Waals surface area (Å²) in [5.41, 5.74) is 3.76. The second-order valence-electron chi connectivity index (χ2n) is 3.72. The van der Waals surface area contributed by atoms with Gasteiger partial charge in [-0.3, -0.25) is 4.98 Å². The molecular weight excluding hydrogens is 216 g/mol. The Kier molecular flexibility index (Phi) is 4.69. The molecule has 1 aromatic rings. The number of hydrogen-bond acceptors (Lipinski definition) is 4. The van der Waals surface area contributed by atoms with Crippen molar-refractivity contribution in [3.8, 4) is 5.75 Å². The van der Waals surface area contributed by atoms with E-state index in [1.54, 1.807) is 6.08 Å². The van der Waals surface area contributed by atoms with Gasteiger partial charge in [0.25, 0.3) is 0 Å². The summed E-state index contributed by atoms with van der Waals surface area (Å²) in [5.74, 6) is 0.804. The lowest BCUT2D eigenvalue weighted by molar-refractivity contribution is 0.129. The fraction of sp³-hybridized carbons (Fsp3) is 0.385. The second kappa shape index (κ2) is 6.03. The summed E-state index contributed by atoms with van der Waals surface area (Å²) in [5, 5.41) is 3.39. The van der Waals surface area contributed by atoms with Gasteiger partial charge in [-0.1, -0.05) is 12.7 Å². The summed E-state index contributed by atoms with van der Waals surface area (Å²) in [7, 11) is 0. The Hall–Kier alpha value is -1.84. The number of rotatable bonds is 6. The number of ether oxygens (including phenoxy) is 1. The molecule has 0 aliphatic carbocycles. The predicted octanol–water partition coefficient (Wildman–Crippen LogP) is 2.70. The molecule has 0 spiro atoms. The van der Waals surface area contributed by atoms with E-state index in [4.69, 9.17) is 9.57 Å². The predicted molar refractivity (Wildman–Crippen MR) is 68.5 cm³/mol. The molecule has 0 fully saturated rings. The number of nitrogens with zero attached hydrogens (tertiary/aromatic N) is 2. The molecule has 0 aliphatic heterocycles. The highest BCUT2D eigenvalue weighted by Crippen LogP contribution is 2.28. The number of aryl methyl sites for hydroxylation is 2.